The van der Waals surface area contributed by atoms with Crippen molar-refractivity contribution in [2.45, 2.75) is 6.92 Å². The first-order chi connectivity index (χ1) is 8.09. The molecule has 3 nitrogen and oxygen atoms in total. The number of fused-ring (bicyclic) bond motifs is 3. The van der Waals surface area contributed by atoms with Gasteiger partial charge in [-0.3, -0.25) is 4.79 Å². The Labute approximate surface area is 103 Å². The van der Waals surface area contributed by atoms with Crippen LogP contribution in [0, 0.1) is 6.92 Å². The van der Waals surface area contributed by atoms with Gasteiger partial charge in [0.15, 0.2) is 0 Å². The average Bonchev–Trinajstić information content (AvgIpc) is 2.54. The molecule has 2 aromatic heterocycles. The van der Waals surface area contributed by atoms with Gasteiger partial charge in [0.1, 0.15) is 0 Å². The Morgan fingerprint density at radius 2 is 2.12 bits per heavy atom. The lowest BCUT2D eigenvalue weighted by atomic mass is 10.1. The van der Waals surface area contributed by atoms with E-state index in [9.17, 15) is 4.79 Å². The molecule has 1 N–H and O–H groups in total. The van der Waals surface area contributed by atoms with Crippen LogP contribution in [0.15, 0.2) is 29.1 Å². The Hall–Kier alpha value is -1.74. The fourth-order valence-corrected chi connectivity index (χ4v) is 2.76. The van der Waals surface area contributed by atoms with Crippen LogP contribution in [-0.2, 0) is 7.05 Å². The fraction of sp³-hybridized carbons (Fsp3) is 0.154. The number of pyridine rings is 1. The Morgan fingerprint density at radius 1 is 1.35 bits per heavy atom. The Kier molecular flexibility index (Phi) is 2.07. The van der Waals surface area contributed by atoms with Gasteiger partial charge in [0.05, 0.1) is 16.1 Å². The predicted octanol–water partition coefficient (Wildman–Crippen LogP) is 2.98. The quantitative estimate of drug-likeness (QED) is 0.651. The molecule has 0 radical (unpaired) electrons. The zero-order chi connectivity index (χ0) is 12.2. The fourth-order valence-electron chi connectivity index (χ4n) is 2.48. The van der Waals surface area contributed by atoms with Crippen LogP contribution >= 0.6 is 11.6 Å². The van der Waals surface area contributed by atoms with Gasteiger partial charge in [0.25, 0.3) is 0 Å². The molecular formula is C13H11ClN2O. The van der Waals surface area contributed by atoms with Crippen LogP contribution < -0.4 is 5.56 Å². The molecule has 1 aromatic carbocycles. The van der Waals surface area contributed by atoms with Gasteiger partial charge in [0.2, 0.25) is 5.56 Å². The summed E-state index contributed by atoms with van der Waals surface area (Å²) in [5, 5.41) is 2.54. The third-order valence-corrected chi connectivity index (χ3v) is 3.47. The minimum Gasteiger partial charge on any atom is -0.342 e. The molecule has 0 aliphatic rings. The molecule has 0 aliphatic carbocycles. The second-order valence-corrected chi connectivity index (χ2v) is 4.62. The van der Waals surface area contributed by atoms with Crippen LogP contribution in [0.4, 0.5) is 0 Å². The molecule has 0 fully saturated rings. The first kappa shape index (κ1) is 10.4. The topological polar surface area (TPSA) is 37.8 Å². The first-order valence-corrected chi connectivity index (χ1v) is 5.74. The monoisotopic (exact) mass is 246 g/mol. The Morgan fingerprint density at radius 3 is 2.88 bits per heavy atom. The van der Waals surface area contributed by atoms with E-state index < -0.39 is 0 Å². The van der Waals surface area contributed by atoms with Crippen molar-refractivity contribution in [3.05, 3.63) is 45.3 Å². The van der Waals surface area contributed by atoms with Crippen molar-refractivity contribution in [3.63, 3.8) is 0 Å². The summed E-state index contributed by atoms with van der Waals surface area (Å²) in [6.07, 6.45) is 0. The van der Waals surface area contributed by atoms with E-state index in [4.69, 9.17) is 11.6 Å². The number of hydrogen-bond acceptors (Lipinski definition) is 1. The van der Waals surface area contributed by atoms with Crippen LogP contribution in [0.3, 0.4) is 0 Å². The molecule has 0 spiro atoms. The van der Waals surface area contributed by atoms with Gasteiger partial charge < -0.3 is 9.55 Å². The van der Waals surface area contributed by atoms with Crippen molar-refractivity contribution in [2.24, 2.45) is 7.05 Å². The molecule has 0 saturated heterocycles. The zero-order valence-electron chi connectivity index (χ0n) is 9.54. The maximum atomic E-state index is 11.6. The molecule has 17 heavy (non-hydrogen) atoms. The number of nitrogens with one attached hydrogen (secondary N) is 1. The molecular weight excluding hydrogens is 236 g/mol. The van der Waals surface area contributed by atoms with Crippen molar-refractivity contribution >= 4 is 33.4 Å². The Balaban J connectivity index is 2.75. The van der Waals surface area contributed by atoms with Crippen molar-refractivity contribution in [3.8, 4) is 0 Å². The van der Waals surface area contributed by atoms with Crippen LogP contribution in [0.1, 0.15) is 5.69 Å². The first-order valence-electron chi connectivity index (χ1n) is 5.36. The van der Waals surface area contributed by atoms with Gasteiger partial charge in [-0.25, -0.2) is 0 Å². The summed E-state index contributed by atoms with van der Waals surface area (Å²) in [5.74, 6) is 0. The molecule has 0 bridgehead atoms. The number of H-pyrrole nitrogens is 1. The van der Waals surface area contributed by atoms with Gasteiger partial charge in [-0.15, -0.1) is 0 Å². The average molecular weight is 247 g/mol. The standard InChI is InChI=1S/C13H11ClN2O/c1-7-13-8(6-11(17)15-7)12-9(14)4-3-5-10(12)16(13)2/h3-6H,1-2H3,(H,15,17). The van der Waals surface area contributed by atoms with Crippen LogP contribution in [0.5, 0.6) is 0 Å². The van der Waals surface area contributed by atoms with Gasteiger partial charge in [-0.2, -0.15) is 0 Å². The number of halogens is 1. The molecule has 0 saturated carbocycles. The number of aromatic amines is 1. The molecule has 4 heteroatoms. The van der Waals surface area contributed by atoms with Crippen molar-refractivity contribution < 1.29 is 0 Å². The normalized spacial score (nSPS) is 11.5. The highest BCUT2D eigenvalue weighted by Gasteiger charge is 2.13. The van der Waals surface area contributed by atoms with Crippen molar-refractivity contribution in [2.75, 3.05) is 0 Å². The minimum atomic E-state index is -0.0950. The maximum absolute atomic E-state index is 11.6. The van der Waals surface area contributed by atoms with E-state index in [1.165, 1.54) is 0 Å². The second-order valence-electron chi connectivity index (χ2n) is 4.21. The SMILES string of the molecule is Cc1[nH]c(=O)cc2c3c(Cl)cccc3n(C)c12. The third-order valence-electron chi connectivity index (χ3n) is 3.15. The largest absolute Gasteiger partial charge is 0.342 e. The van der Waals surface area contributed by atoms with Gasteiger partial charge in [-0.1, -0.05) is 17.7 Å². The van der Waals surface area contributed by atoms with E-state index >= 15 is 0 Å². The molecule has 86 valence electrons. The van der Waals surface area contributed by atoms with Crippen molar-refractivity contribution in [1.29, 1.82) is 0 Å². The lowest BCUT2D eigenvalue weighted by Crippen LogP contribution is -2.06. The molecule has 0 aliphatic heterocycles. The van der Waals surface area contributed by atoms with Gasteiger partial charge >= 0.3 is 0 Å². The Bertz CT molecular complexity index is 798. The summed E-state index contributed by atoms with van der Waals surface area (Å²) in [6, 6.07) is 7.38. The summed E-state index contributed by atoms with van der Waals surface area (Å²) in [6.45, 7) is 1.90. The lowest BCUT2D eigenvalue weighted by Gasteiger charge is -2.00. The summed E-state index contributed by atoms with van der Waals surface area (Å²) in [5.41, 5.74) is 2.83. The third kappa shape index (κ3) is 1.32. The number of hydrogen-bond donors (Lipinski definition) is 1. The molecule has 3 aromatic rings. The van der Waals surface area contributed by atoms with Crippen LogP contribution in [0.2, 0.25) is 5.02 Å². The second kappa shape index (κ2) is 3.37. The van der Waals surface area contributed by atoms with E-state index in [0.717, 1.165) is 27.5 Å². The summed E-state index contributed by atoms with van der Waals surface area (Å²) >= 11 is 6.23. The molecule has 2 heterocycles. The number of rotatable bonds is 0. The van der Waals surface area contributed by atoms with E-state index in [0.29, 0.717) is 5.02 Å². The van der Waals surface area contributed by atoms with E-state index in [1.807, 2.05) is 32.2 Å². The molecule has 3 rings (SSSR count). The highest BCUT2D eigenvalue weighted by molar-refractivity contribution is 6.38. The van der Waals surface area contributed by atoms with Crippen LogP contribution in [0.25, 0.3) is 21.8 Å². The minimum absolute atomic E-state index is 0.0950. The predicted molar refractivity (Wildman–Crippen MR) is 70.8 cm³/mol. The summed E-state index contributed by atoms with van der Waals surface area (Å²) in [4.78, 5) is 14.4. The number of benzene rings is 1. The molecule has 0 unspecified atom stereocenters. The molecule has 0 atom stereocenters. The summed E-state index contributed by atoms with van der Waals surface area (Å²) < 4.78 is 2.06. The van der Waals surface area contributed by atoms with Gasteiger partial charge in [0, 0.05) is 29.6 Å². The number of nitrogens with zero attached hydrogens (tertiary/aromatic N) is 1. The van der Waals surface area contributed by atoms with Crippen molar-refractivity contribution in [1.82, 2.24) is 9.55 Å². The summed E-state index contributed by atoms with van der Waals surface area (Å²) in [7, 11) is 1.98. The highest BCUT2D eigenvalue weighted by Crippen LogP contribution is 2.33. The van der Waals surface area contributed by atoms with E-state index in [1.54, 1.807) is 6.07 Å². The molecule has 0 amide bonds. The van der Waals surface area contributed by atoms with Crippen LogP contribution in [-0.4, -0.2) is 9.55 Å². The lowest BCUT2D eigenvalue weighted by molar-refractivity contribution is 0.993. The number of aryl methyl sites for hydroxylation is 2. The maximum Gasteiger partial charge on any atom is 0.248 e. The number of aromatic nitrogens is 2. The highest BCUT2D eigenvalue weighted by atomic mass is 35.5. The smallest absolute Gasteiger partial charge is 0.248 e. The van der Waals surface area contributed by atoms with E-state index in [2.05, 4.69) is 9.55 Å². The zero-order valence-corrected chi connectivity index (χ0v) is 10.3. The van der Waals surface area contributed by atoms with Gasteiger partial charge in [-0.05, 0) is 19.1 Å². The van der Waals surface area contributed by atoms with E-state index in [-0.39, 0.29) is 5.56 Å².